The monoisotopic (exact) mass is 373 g/mol. The number of hydrogen-bond donors (Lipinski definition) is 1. The number of carbonyl (C=O) groups is 2. The number of ketones is 1. The van der Waals surface area contributed by atoms with Gasteiger partial charge in [-0.25, -0.2) is 0 Å². The van der Waals surface area contributed by atoms with E-state index in [1.54, 1.807) is 31.4 Å². The molecular weight excluding hydrogens is 350 g/mol. The van der Waals surface area contributed by atoms with Gasteiger partial charge in [0.05, 0.1) is 13.0 Å². The van der Waals surface area contributed by atoms with Crippen LogP contribution in [-0.4, -0.2) is 18.8 Å². The molecule has 0 bridgehead atoms. The average molecular weight is 373 g/mol. The second-order valence-electron chi connectivity index (χ2n) is 6.61. The standard InChI is InChI=1S/C24H23NO3/c1-17(24(27)25-16-18-11-13-22(28-2)14-12-18)20-9-6-10-21(15-20)23(26)19-7-4-3-5-8-19/h3-15,17H,16H2,1-2H3,(H,25,27)/t17-/m1/s1. The molecule has 0 aromatic heterocycles. The van der Waals surface area contributed by atoms with E-state index in [-0.39, 0.29) is 17.6 Å². The summed E-state index contributed by atoms with van der Waals surface area (Å²) in [5, 5.41) is 2.95. The van der Waals surface area contributed by atoms with Crippen molar-refractivity contribution in [2.24, 2.45) is 0 Å². The Morgan fingerprint density at radius 1 is 0.893 bits per heavy atom. The molecule has 0 aliphatic carbocycles. The van der Waals surface area contributed by atoms with Crippen LogP contribution < -0.4 is 10.1 Å². The van der Waals surface area contributed by atoms with Crippen LogP contribution in [0.2, 0.25) is 0 Å². The Morgan fingerprint density at radius 3 is 2.25 bits per heavy atom. The van der Waals surface area contributed by atoms with Crippen LogP contribution in [0.25, 0.3) is 0 Å². The third kappa shape index (κ3) is 4.65. The number of nitrogens with one attached hydrogen (secondary N) is 1. The molecule has 28 heavy (non-hydrogen) atoms. The second kappa shape index (κ2) is 9.00. The molecule has 0 aliphatic heterocycles. The van der Waals surface area contributed by atoms with Gasteiger partial charge < -0.3 is 10.1 Å². The molecule has 0 spiro atoms. The molecule has 142 valence electrons. The summed E-state index contributed by atoms with van der Waals surface area (Å²) in [6, 6.07) is 24.0. The maximum absolute atomic E-state index is 12.6. The first-order valence-corrected chi connectivity index (χ1v) is 9.19. The van der Waals surface area contributed by atoms with E-state index in [9.17, 15) is 9.59 Å². The Kier molecular flexibility index (Phi) is 6.22. The van der Waals surface area contributed by atoms with Gasteiger partial charge in [0.25, 0.3) is 0 Å². The molecule has 3 rings (SSSR count). The van der Waals surface area contributed by atoms with E-state index in [1.165, 1.54) is 0 Å². The first kappa shape index (κ1) is 19.4. The quantitative estimate of drug-likeness (QED) is 0.627. The topological polar surface area (TPSA) is 55.4 Å². The molecule has 0 saturated carbocycles. The van der Waals surface area contributed by atoms with E-state index in [4.69, 9.17) is 4.74 Å². The first-order chi connectivity index (χ1) is 13.6. The lowest BCUT2D eigenvalue weighted by Crippen LogP contribution is -2.27. The number of methoxy groups -OCH3 is 1. The van der Waals surface area contributed by atoms with Gasteiger partial charge >= 0.3 is 0 Å². The van der Waals surface area contributed by atoms with Gasteiger partial charge in [0.2, 0.25) is 5.91 Å². The summed E-state index contributed by atoms with van der Waals surface area (Å²) in [7, 11) is 1.62. The molecular formula is C24H23NO3. The first-order valence-electron chi connectivity index (χ1n) is 9.19. The van der Waals surface area contributed by atoms with Crippen molar-refractivity contribution in [3.63, 3.8) is 0 Å². The molecule has 3 aromatic carbocycles. The van der Waals surface area contributed by atoms with Crippen LogP contribution in [0, 0.1) is 0 Å². The molecule has 0 unspecified atom stereocenters. The minimum Gasteiger partial charge on any atom is -0.497 e. The van der Waals surface area contributed by atoms with E-state index in [1.807, 2.05) is 61.5 Å². The third-order valence-electron chi connectivity index (χ3n) is 4.70. The van der Waals surface area contributed by atoms with Crippen LogP contribution in [0.5, 0.6) is 5.75 Å². The van der Waals surface area contributed by atoms with Crippen LogP contribution in [-0.2, 0) is 11.3 Å². The fourth-order valence-corrected chi connectivity index (χ4v) is 2.94. The lowest BCUT2D eigenvalue weighted by Gasteiger charge is -2.14. The Balaban J connectivity index is 1.67. The highest BCUT2D eigenvalue weighted by Crippen LogP contribution is 2.19. The Labute approximate surface area is 165 Å². The number of carbonyl (C=O) groups excluding carboxylic acids is 2. The highest BCUT2D eigenvalue weighted by atomic mass is 16.5. The minimum absolute atomic E-state index is 0.0479. The molecule has 0 aliphatic rings. The van der Waals surface area contributed by atoms with E-state index in [0.717, 1.165) is 16.9 Å². The van der Waals surface area contributed by atoms with E-state index in [0.29, 0.717) is 17.7 Å². The van der Waals surface area contributed by atoms with Gasteiger partial charge in [0.15, 0.2) is 5.78 Å². The fraction of sp³-hybridized carbons (Fsp3) is 0.167. The van der Waals surface area contributed by atoms with Crippen molar-refractivity contribution in [2.45, 2.75) is 19.4 Å². The lowest BCUT2D eigenvalue weighted by atomic mass is 9.95. The van der Waals surface area contributed by atoms with Gasteiger partial charge in [-0.2, -0.15) is 0 Å². The van der Waals surface area contributed by atoms with E-state index in [2.05, 4.69) is 5.32 Å². The number of amides is 1. The summed E-state index contributed by atoms with van der Waals surface area (Å²) in [5.41, 5.74) is 3.03. The zero-order valence-electron chi connectivity index (χ0n) is 16.0. The third-order valence-corrected chi connectivity index (χ3v) is 4.70. The smallest absolute Gasteiger partial charge is 0.227 e. The van der Waals surface area contributed by atoms with Crippen molar-refractivity contribution >= 4 is 11.7 Å². The molecule has 3 aromatic rings. The largest absolute Gasteiger partial charge is 0.497 e. The van der Waals surface area contributed by atoms with Crippen LogP contribution in [0.15, 0.2) is 78.9 Å². The number of hydrogen-bond acceptors (Lipinski definition) is 3. The zero-order valence-corrected chi connectivity index (χ0v) is 16.0. The Morgan fingerprint density at radius 2 is 1.57 bits per heavy atom. The highest BCUT2D eigenvalue weighted by Gasteiger charge is 2.17. The van der Waals surface area contributed by atoms with Crippen LogP contribution in [0.3, 0.4) is 0 Å². The maximum Gasteiger partial charge on any atom is 0.227 e. The summed E-state index contributed by atoms with van der Waals surface area (Å²) >= 11 is 0. The highest BCUT2D eigenvalue weighted by molar-refractivity contribution is 6.09. The van der Waals surface area contributed by atoms with Crippen LogP contribution >= 0.6 is 0 Å². The van der Waals surface area contributed by atoms with Gasteiger partial charge in [0.1, 0.15) is 5.75 Å². The molecule has 1 atom stereocenters. The molecule has 0 radical (unpaired) electrons. The van der Waals surface area contributed by atoms with Gasteiger partial charge in [-0.3, -0.25) is 9.59 Å². The van der Waals surface area contributed by atoms with Crippen molar-refractivity contribution in [3.05, 3.63) is 101 Å². The molecule has 0 heterocycles. The van der Waals surface area contributed by atoms with Crippen molar-refractivity contribution in [3.8, 4) is 5.75 Å². The van der Waals surface area contributed by atoms with E-state index < -0.39 is 0 Å². The number of ether oxygens (including phenoxy) is 1. The molecule has 1 N–H and O–H groups in total. The van der Waals surface area contributed by atoms with Gasteiger partial charge in [0, 0.05) is 17.7 Å². The lowest BCUT2D eigenvalue weighted by molar-refractivity contribution is -0.122. The summed E-state index contributed by atoms with van der Waals surface area (Å²) in [4.78, 5) is 25.2. The SMILES string of the molecule is COc1ccc(CNC(=O)[C@H](C)c2cccc(C(=O)c3ccccc3)c2)cc1. The van der Waals surface area contributed by atoms with Crippen LogP contribution in [0.4, 0.5) is 0 Å². The summed E-state index contributed by atoms with van der Waals surface area (Å²) in [6.45, 7) is 2.28. The number of rotatable bonds is 7. The maximum atomic E-state index is 12.6. The molecule has 0 saturated heterocycles. The predicted octanol–water partition coefficient (Wildman–Crippen LogP) is 4.35. The zero-order chi connectivity index (χ0) is 19.9. The minimum atomic E-state index is -0.359. The molecule has 4 nitrogen and oxygen atoms in total. The summed E-state index contributed by atoms with van der Waals surface area (Å²) < 4.78 is 5.14. The van der Waals surface area contributed by atoms with E-state index >= 15 is 0 Å². The normalized spacial score (nSPS) is 11.5. The molecule has 1 amide bonds. The molecule has 4 heteroatoms. The van der Waals surface area contributed by atoms with Crippen LogP contribution in [0.1, 0.15) is 39.9 Å². The Bertz CT molecular complexity index is 949. The second-order valence-corrected chi connectivity index (χ2v) is 6.61. The van der Waals surface area contributed by atoms with Crippen molar-refractivity contribution in [2.75, 3.05) is 7.11 Å². The fourth-order valence-electron chi connectivity index (χ4n) is 2.94. The number of benzene rings is 3. The Hall–Kier alpha value is -3.40. The summed E-state index contributed by atoms with van der Waals surface area (Å²) in [5.74, 6) is 0.290. The molecule has 0 fully saturated rings. The van der Waals surface area contributed by atoms with Gasteiger partial charge in [-0.1, -0.05) is 60.7 Å². The predicted molar refractivity (Wildman–Crippen MR) is 110 cm³/mol. The van der Waals surface area contributed by atoms with Gasteiger partial charge in [-0.15, -0.1) is 0 Å². The van der Waals surface area contributed by atoms with Gasteiger partial charge in [-0.05, 0) is 36.2 Å². The van der Waals surface area contributed by atoms with Crippen molar-refractivity contribution < 1.29 is 14.3 Å². The van der Waals surface area contributed by atoms with Crippen molar-refractivity contribution in [1.82, 2.24) is 5.32 Å². The van der Waals surface area contributed by atoms with Crippen molar-refractivity contribution in [1.29, 1.82) is 0 Å². The summed E-state index contributed by atoms with van der Waals surface area (Å²) in [6.07, 6.45) is 0. The average Bonchev–Trinajstić information content (AvgIpc) is 2.77.